The van der Waals surface area contributed by atoms with Gasteiger partial charge in [0.2, 0.25) is 0 Å². The third-order valence-corrected chi connectivity index (χ3v) is 4.54. The molecule has 1 aromatic carbocycles. The molecule has 0 aliphatic carbocycles. The molecule has 4 rings (SSSR count). The van der Waals surface area contributed by atoms with E-state index in [1.807, 2.05) is 16.9 Å². The van der Waals surface area contributed by atoms with Gasteiger partial charge in [0.15, 0.2) is 0 Å². The summed E-state index contributed by atoms with van der Waals surface area (Å²) in [6.07, 6.45) is 4.27. The highest BCUT2D eigenvalue weighted by molar-refractivity contribution is 5.93. The van der Waals surface area contributed by atoms with Gasteiger partial charge in [0, 0.05) is 37.7 Å². The van der Waals surface area contributed by atoms with Gasteiger partial charge in [0.1, 0.15) is 11.5 Å². The van der Waals surface area contributed by atoms with E-state index in [0.29, 0.717) is 37.6 Å². The average Bonchev–Trinajstić information content (AvgIpc) is 3.31. The Morgan fingerprint density at radius 1 is 1.33 bits per heavy atom. The topological polar surface area (TPSA) is 76.0 Å². The number of halogens is 1. The van der Waals surface area contributed by atoms with Crippen LogP contribution in [-0.4, -0.2) is 56.6 Å². The first-order valence-electron chi connectivity index (χ1n) is 8.89. The smallest absolute Gasteiger partial charge is 0.271 e. The van der Waals surface area contributed by atoms with Gasteiger partial charge in [0.05, 0.1) is 18.3 Å². The van der Waals surface area contributed by atoms with E-state index >= 15 is 0 Å². The molecule has 1 atom stereocenters. The molecule has 3 aromatic rings. The standard InChI is InChI=1S/C19H20FN5O2/c20-15-5-3-14(4-6-15)17-11-18(23-22-17)19(26)24-8-2-10-27-16(12-24)13-25-9-1-7-21-25/h1,3-7,9,11,16H,2,8,10,12-13H2,(H,22,23)/t16-/m0/s1. The lowest BCUT2D eigenvalue weighted by Gasteiger charge is -2.23. The van der Waals surface area contributed by atoms with E-state index in [0.717, 1.165) is 12.0 Å². The van der Waals surface area contributed by atoms with Crippen molar-refractivity contribution >= 4 is 5.91 Å². The maximum atomic E-state index is 13.1. The summed E-state index contributed by atoms with van der Waals surface area (Å²) in [5, 5.41) is 11.2. The van der Waals surface area contributed by atoms with Crippen LogP contribution in [0.4, 0.5) is 4.39 Å². The lowest BCUT2D eigenvalue weighted by Crippen LogP contribution is -2.38. The number of nitrogens with zero attached hydrogens (tertiary/aromatic N) is 4. The first-order chi connectivity index (χ1) is 13.2. The van der Waals surface area contributed by atoms with Crippen LogP contribution in [0.3, 0.4) is 0 Å². The number of ether oxygens (including phenoxy) is 1. The van der Waals surface area contributed by atoms with Gasteiger partial charge in [-0.25, -0.2) is 4.39 Å². The van der Waals surface area contributed by atoms with Gasteiger partial charge in [-0.1, -0.05) is 0 Å². The van der Waals surface area contributed by atoms with Crippen molar-refractivity contribution in [2.75, 3.05) is 19.7 Å². The lowest BCUT2D eigenvalue weighted by molar-refractivity contribution is 0.0365. The molecule has 1 saturated heterocycles. The molecule has 0 radical (unpaired) electrons. The number of nitrogens with one attached hydrogen (secondary N) is 1. The molecular weight excluding hydrogens is 349 g/mol. The summed E-state index contributed by atoms with van der Waals surface area (Å²) < 4.78 is 20.8. The predicted octanol–water partition coefficient (Wildman–Crippen LogP) is 2.34. The molecule has 1 N–H and O–H groups in total. The minimum Gasteiger partial charge on any atom is -0.374 e. The van der Waals surface area contributed by atoms with Crippen LogP contribution in [0.25, 0.3) is 11.3 Å². The Labute approximate surface area is 155 Å². The first kappa shape index (κ1) is 17.4. The zero-order valence-electron chi connectivity index (χ0n) is 14.7. The fourth-order valence-corrected chi connectivity index (χ4v) is 3.18. The van der Waals surface area contributed by atoms with Crippen molar-refractivity contribution in [1.29, 1.82) is 0 Å². The molecule has 1 aliphatic heterocycles. The lowest BCUT2D eigenvalue weighted by atomic mass is 10.1. The van der Waals surface area contributed by atoms with Gasteiger partial charge in [0.25, 0.3) is 5.91 Å². The van der Waals surface area contributed by atoms with E-state index in [2.05, 4.69) is 15.3 Å². The molecule has 0 spiro atoms. The number of rotatable bonds is 4. The van der Waals surface area contributed by atoms with Crippen LogP contribution in [0, 0.1) is 5.82 Å². The van der Waals surface area contributed by atoms with Crippen LogP contribution in [0.2, 0.25) is 0 Å². The highest BCUT2D eigenvalue weighted by Gasteiger charge is 2.25. The molecule has 8 heteroatoms. The minimum atomic E-state index is -0.307. The highest BCUT2D eigenvalue weighted by Crippen LogP contribution is 2.19. The van der Waals surface area contributed by atoms with Crippen LogP contribution < -0.4 is 0 Å². The van der Waals surface area contributed by atoms with E-state index in [4.69, 9.17) is 4.74 Å². The van der Waals surface area contributed by atoms with Crippen molar-refractivity contribution in [3.63, 3.8) is 0 Å². The number of carbonyl (C=O) groups is 1. The van der Waals surface area contributed by atoms with Crippen molar-refractivity contribution in [3.05, 3.63) is 60.3 Å². The molecular formula is C19H20FN5O2. The van der Waals surface area contributed by atoms with Crippen LogP contribution in [0.15, 0.2) is 48.8 Å². The number of H-pyrrole nitrogens is 1. The van der Waals surface area contributed by atoms with Crippen LogP contribution in [0.5, 0.6) is 0 Å². The van der Waals surface area contributed by atoms with Crippen LogP contribution in [-0.2, 0) is 11.3 Å². The van der Waals surface area contributed by atoms with E-state index in [1.54, 1.807) is 29.3 Å². The van der Waals surface area contributed by atoms with E-state index in [1.165, 1.54) is 12.1 Å². The Bertz CT molecular complexity index is 891. The second kappa shape index (κ2) is 7.71. The predicted molar refractivity (Wildman–Crippen MR) is 96.5 cm³/mol. The summed E-state index contributed by atoms with van der Waals surface area (Å²) in [6, 6.07) is 9.58. The maximum absolute atomic E-state index is 13.1. The van der Waals surface area contributed by atoms with Gasteiger partial charge in [-0.3, -0.25) is 14.6 Å². The Balaban J connectivity index is 1.47. The van der Waals surface area contributed by atoms with Crippen molar-refractivity contribution in [1.82, 2.24) is 24.9 Å². The second-order valence-electron chi connectivity index (χ2n) is 6.50. The molecule has 2 aromatic heterocycles. The summed E-state index contributed by atoms with van der Waals surface area (Å²) in [5.74, 6) is -0.426. The van der Waals surface area contributed by atoms with Gasteiger partial charge in [-0.2, -0.15) is 10.2 Å². The number of carbonyl (C=O) groups excluding carboxylic acids is 1. The van der Waals surface area contributed by atoms with Crippen molar-refractivity contribution < 1.29 is 13.9 Å². The first-order valence-corrected chi connectivity index (χ1v) is 8.89. The summed E-state index contributed by atoms with van der Waals surface area (Å²) in [5.41, 5.74) is 1.77. The molecule has 0 saturated carbocycles. The van der Waals surface area contributed by atoms with Crippen molar-refractivity contribution in [3.8, 4) is 11.3 Å². The summed E-state index contributed by atoms with van der Waals surface area (Å²) in [4.78, 5) is 14.7. The SMILES string of the molecule is O=C(c1cc(-c2ccc(F)cc2)n[nH]1)N1CCCO[C@H](Cn2cccn2)C1. The minimum absolute atomic E-state index is 0.115. The molecule has 140 valence electrons. The Kier molecular flexibility index (Phi) is 4.97. The fourth-order valence-electron chi connectivity index (χ4n) is 3.18. The van der Waals surface area contributed by atoms with E-state index in [9.17, 15) is 9.18 Å². The Morgan fingerprint density at radius 2 is 2.19 bits per heavy atom. The Morgan fingerprint density at radius 3 is 2.96 bits per heavy atom. The summed E-state index contributed by atoms with van der Waals surface area (Å²) >= 11 is 0. The highest BCUT2D eigenvalue weighted by atomic mass is 19.1. The molecule has 0 bridgehead atoms. The molecule has 27 heavy (non-hydrogen) atoms. The van der Waals surface area contributed by atoms with Gasteiger partial charge in [-0.05, 0) is 42.8 Å². The summed E-state index contributed by atoms with van der Waals surface area (Å²) in [7, 11) is 0. The molecule has 0 unspecified atom stereocenters. The van der Waals surface area contributed by atoms with E-state index < -0.39 is 0 Å². The number of benzene rings is 1. The molecule has 1 aliphatic rings. The van der Waals surface area contributed by atoms with Crippen molar-refractivity contribution in [2.24, 2.45) is 0 Å². The average molecular weight is 369 g/mol. The van der Waals surface area contributed by atoms with Crippen LogP contribution in [0.1, 0.15) is 16.9 Å². The zero-order valence-corrected chi connectivity index (χ0v) is 14.7. The monoisotopic (exact) mass is 369 g/mol. The van der Waals surface area contributed by atoms with Gasteiger partial charge in [-0.15, -0.1) is 0 Å². The largest absolute Gasteiger partial charge is 0.374 e. The molecule has 1 amide bonds. The fraction of sp³-hybridized carbons (Fsp3) is 0.316. The van der Waals surface area contributed by atoms with E-state index in [-0.39, 0.29) is 17.8 Å². The molecule has 7 nitrogen and oxygen atoms in total. The zero-order chi connectivity index (χ0) is 18.6. The normalized spacial score (nSPS) is 17.7. The van der Waals surface area contributed by atoms with Crippen molar-refractivity contribution in [2.45, 2.75) is 19.1 Å². The number of aromatic amines is 1. The number of amides is 1. The summed E-state index contributed by atoms with van der Waals surface area (Å²) in [6.45, 7) is 2.32. The molecule has 1 fully saturated rings. The third-order valence-electron chi connectivity index (χ3n) is 4.54. The third kappa shape index (κ3) is 4.06. The molecule has 3 heterocycles. The van der Waals surface area contributed by atoms with Crippen LogP contribution >= 0.6 is 0 Å². The quantitative estimate of drug-likeness (QED) is 0.766. The van der Waals surface area contributed by atoms with Gasteiger partial charge >= 0.3 is 0 Å². The Hall–Kier alpha value is -3.00. The maximum Gasteiger partial charge on any atom is 0.271 e. The number of hydrogen-bond donors (Lipinski definition) is 1. The van der Waals surface area contributed by atoms with Gasteiger partial charge < -0.3 is 9.64 Å². The second-order valence-corrected chi connectivity index (χ2v) is 6.50. The number of hydrogen-bond acceptors (Lipinski definition) is 4. The number of aromatic nitrogens is 4.